The molecule has 98 valence electrons. The lowest BCUT2D eigenvalue weighted by Gasteiger charge is -2.06. The summed E-state index contributed by atoms with van der Waals surface area (Å²) in [4.78, 5) is 22.2. The highest BCUT2D eigenvalue weighted by atomic mass is 19.4. The molecule has 0 aliphatic carbocycles. The van der Waals surface area contributed by atoms with Crippen molar-refractivity contribution in [3.8, 4) is 5.75 Å². The van der Waals surface area contributed by atoms with Crippen molar-refractivity contribution < 1.29 is 27.5 Å². The molecule has 1 aromatic rings. The Bertz CT molecular complexity index is 452. The van der Waals surface area contributed by atoms with E-state index in [1.165, 1.54) is 18.2 Å². The standard InChI is InChI=1S/C12H11F3O3/c1-2-18-9-5-3-4-8(6-9)10(16)7-11(17)12(13,14)15/h3-6H,2,7H2,1H3. The third kappa shape index (κ3) is 3.87. The first kappa shape index (κ1) is 14.2. The van der Waals surface area contributed by atoms with Gasteiger partial charge in [0.05, 0.1) is 13.0 Å². The van der Waals surface area contributed by atoms with Gasteiger partial charge >= 0.3 is 6.18 Å². The molecule has 18 heavy (non-hydrogen) atoms. The highest BCUT2D eigenvalue weighted by Crippen LogP contribution is 2.20. The molecule has 0 saturated carbocycles. The number of carbonyl (C=O) groups excluding carboxylic acids is 2. The Morgan fingerprint density at radius 1 is 1.28 bits per heavy atom. The van der Waals surface area contributed by atoms with Gasteiger partial charge in [-0.25, -0.2) is 0 Å². The summed E-state index contributed by atoms with van der Waals surface area (Å²) in [5.41, 5.74) is 0.0264. The molecule has 0 heterocycles. The fourth-order valence-electron chi connectivity index (χ4n) is 1.27. The smallest absolute Gasteiger partial charge is 0.450 e. The van der Waals surface area contributed by atoms with Gasteiger partial charge in [0.1, 0.15) is 5.75 Å². The summed E-state index contributed by atoms with van der Waals surface area (Å²) in [6.07, 6.45) is -6.16. The molecule has 0 N–H and O–H groups in total. The van der Waals surface area contributed by atoms with Gasteiger partial charge in [-0.1, -0.05) is 12.1 Å². The van der Waals surface area contributed by atoms with Crippen LogP contribution in [0.4, 0.5) is 13.2 Å². The van der Waals surface area contributed by atoms with Crippen LogP contribution in [0.3, 0.4) is 0 Å². The molecule has 0 aliphatic rings. The molecule has 0 spiro atoms. The van der Waals surface area contributed by atoms with Crippen LogP contribution < -0.4 is 4.74 Å². The lowest BCUT2D eigenvalue weighted by atomic mass is 10.1. The van der Waals surface area contributed by atoms with Crippen molar-refractivity contribution in [2.24, 2.45) is 0 Å². The van der Waals surface area contributed by atoms with E-state index in [0.29, 0.717) is 12.4 Å². The van der Waals surface area contributed by atoms with Gasteiger partial charge in [0.2, 0.25) is 5.78 Å². The first-order valence-electron chi connectivity index (χ1n) is 5.20. The molecule has 0 saturated heterocycles. The maximum absolute atomic E-state index is 12.0. The number of ketones is 2. The second kappa shape index (κ2) is 5.66. The highest BCUT2D eigenvalue weighted by Gasteiger charge is 2.39. The molecule has 0 atom stereocenters. The van der Waals surface area contributed by atoms with Gasteiger partial charge in [0, 0.05) is 5.56 Å². The predicted octanol–water partition coefficient (Wildman–Crippen LogP) is 2.79. The van der Waals surface area contributed by atoms with Gasteiger partial charge < -0.3 is 4.74 Å². The number of alkyl halides is 3. The summed E-state index contributed by atoms with van der Waals surface area (Å²) in [7, 11) is 0. The Morgan fingerprint density at radius 3 is 2.50 bits per heavy atom. The molecule has 0 bridgehead atoms. The van der Waals surface area contributed by atoms with E-state index in [2.05, 4.69) is 0 Å². The third-order valence-electron chi connectivity index (χ3n) is 2.10. The first-order chi connectivity index (χ1) is 8.34. The van der Waals surface area contributed by atoms with Crippen LogP contribution in [-0.2, 0) is 4.79 Å². The van der Waals surface area contributed by atoms with E-state index in [4.69, 9.17) is 4.74 Å². The number of benzene rings is 1. The predicted molar refractivity (Wildman–Crippen MR) is 57.6 cm³/mol. The van der Waals surface area contributed by atoms with E-state index in [9.17, 15) is 22.8 Å². The van der Waals surface area contributed by atoms with Crippen molar-refractivity contribution in [3.05, 3.63) is 29.8 Å². The number of hydrogen-bond acceptors (Lipinski definition) is 3. The molecule has 0 unspecified atom stereocenters. The van der Waals surface area contributed by atoms with E-state index >= 15 is 0 Å². The van der Waals surface area contributed by atoms with E-state index in [0.717, 1.165) is 0 Å². The Morgan fingerprint density at radius 2 is 1.94 bits per heavy atom. The Balaban J connectivity index is 2.78. The average molecular weight is 260 g/mol. The van der Waals surface area contributed by atoms with Gasteiger partial charge in [-0.15, -0.1) is 0 Å². The van der Waals surface area contributed by atoms with Crippen molar-refractivity contribution in [3.63, 3.8) is 0 Å². The van der Waals surface area contributed by atoms with Crippen LogP contribution in [0.15, 0.2) is 24.3 Å². The number of Topliss-reactive ketones (excluding diaryl/α,β-unsaturated/α-hetero) is 2. The average Bonchev–Trinajstić information content (AvgIpc) is 2.28. The van der Waals surface area contributed by atoms with Gasteiger partial charge in [-0.3, -0.25) is 9.59 Å². The molecule has 0 radical (unpaired) electrons. The fraction of sp³-hybridized carbons (Fsp3) is 0.333. The minimum Gasteiger partial charge on any atom is -0.494 e. The summed E-state index contributed by atoms with van der Waals surface area (Å²) in [5, 5.41) is 0. The van der Waals surface area contributed by atoms with E-state index in [1.54, 1.807) is 13.0 Å². The molecule has 0 amide bonds. The van der Waals surface area contributed by atoms with Crippen LogP contribution in [-0.4, -0.2) is 24.3 Å². The number of halogens is 3. The summed E-state index contributed by atoms with van der Waals surface area (Å²) in [6.45, 7) is 2.11. The molecule has 0 aliphatic heterocycles. The number of rotatable bonds is 5. The van der Waals surface area contributed by atoms with Crippen LogP contribution in [0.25, 0.3) is 0 Å². The van der Waals surface area contributed by atoms with Crippen LogP contribution in [0.1, 0.15) is 23.7 Å². The maximum atomic E-state index is 12.0. The quantitative estimate of drug-likeness (QED) is 0.604. The number of hydrogen-bond donors (Lipinski definition) is 0. The van der Waals surface area contributed by atoms with Gasteiger partial charge in [-0.05, 0) is 19.1 Å². The monoisotopic (exact) mass is 260 g/mol. The first-order valence-corrected chi connectivity index (χ1v) is 5.20. The van der Waals surface area contributed by atoms with Gasteiger partial charge in [0.15, 0.2) is 5.78 Å². The summed E-state index contributed by atoms with van der Waals surface area (Å²) in [6, 6.07) is 5.71. The second-order valence-corrected chi connectivity index (χ2v) is 3.48. The summed E-state index contributed by atoms with van der Waals surface area (Å²) >= 11 is 0. The van der Waals surface area contributed by atoms with Crippen LogP contribution in [0.2, 0.25) is 0 Å². The molecule has 0 fully saturated rings. The minimum absolute atomic E-state index is 0.0264. The molecular formula is C12H11F3O3. The minimum atomic E-state index is -4.98. The Hall–Kier alpha value is -1.85. The number of carbonyl (C=O) groups is 2. The van der Waals surface area contributed by atoms with Gasteiger partial charge in [0.25, 0.3) is 0 Å². The molecular weight excluding hydrogens is 249 g/mol. The molecule has 6 heteroatoms. The normalized spacial score (nSPS) is 11.1. The summed E-state index contributed by atoms with van der Waals surface area (Å²) in [5.74, 6) is -2.55. The lowest BCUT2D eigenvalue weighted by Crippen LogP contribution is -2.25. The topological polar surface area (TPSA) is 43.4 Å². The van der Waals surface area contributed by atoms with Crippen molar-refractivity contribution >= 4 is 11.6 Å². The highest BCUT2D eigenvalue weighted by molar-refractivity contribution is 6.09. The van der Waals surface area contributed by atoms with E-state index < -0.39 is 24.2 Å². The molecule has 1 rings (SSSR count). The largest absolute Gasteiger partial charge is 0.494 e. The Kier molecular flexibility index (Phi) is 4.47. The fourth-order valence-corrected chi connectivity index (χ4v) is 1.27. The maximum Gasteiger partial charge on any atom is 0.450 e. The summed E-state index contributed by atoms with van der Waals surface area (Å²) < 4.78 is 41.1. The van der Waals surface area contributed by atoms with Crippen molar-refractivity contribution in [1.82, 2.24) is 0 Å². The Labute approximate surface area is 102 Å². The second-order valence-electron chi connectivity index (χ2n) is 3.48. The molecule has 3 nitrogen and oxygen atoms in total. The number of ether oxygens (including phenoxy) is 1. The zero-order valence-corrected chi connectivity index (χ0v) is 9.58. The van der Waals surface area contributed by atoms with Crippen molar-refractivity contribution in [2.45, 2.75) is 19.5 Å². The van der Waals surface area contributed by atoms with E-state index in [1.807, 2.05) is 0 Å². The zero-order chi connectivity index (χ0) is 13.8. The lowest BCUT2D eigenvalue weighted by molar-refractivity contribution is -0.170. The molecule has 0 aromatic heterocycles. The third-order valence-corrected chi connectivity index (χ3v) is 2.10. The van der Waals surface area contributed by atoms with Crippen LogP contribution in [0, 0.1) is 0 Å². The zero-order valence-electron chi connectivity index (χ0n) is 9.58. The van der Waals surface area contributed by atoms with Gasteiger partial charge in [-0.2, -0.15) is 13.2 Å². The van der Waals surface area contributed by atoms with Crippen molar-refractivity contribution in [1.29, 1.82) is 0 Å². The van der Waals surface area contributed by atoms with Crippen LogP contribution in [0.5, 0.6) is 5.75 Å². The van der Waals surface area contributed by atoms with Crippen LogP contribution >= 0.6 is 0 Å². The molecule has 1 aromatic carbocycles. The van der Waals surface area contributed by atoms with Crippen molar-refractivity contribution in [2.75, 3.05) is 6.61 Å². The van der Waals surface area contributed by atoms with E-state index in [-0.39, 0.29) is 5.56 Å². The SMILES string of the molecule is CCOc1cccc(C(=O)CC(=O)C(F)(F)F)c1.